The number of anilines is 1. The maximum absolute atomic E-state index is 13.6. The van der Waals surface area contributed by atoms with Crippen LogP contribution in [-0.4, -0.2) is 36.4 Å². The van der Waals surface area contributed by atoms with Crippen LogP contribution in [0.15, 0.2) is 48.2 Å². The summed E-state index contributed by atoms with van der Waals surface area (Å²) in [4.78, 5) is 30.4. The summed E-state index contributed by atoms with van der Waals surface area (Å²) in [6.07, 6.45) is 2.95. The minimum absolute atomic E-state index is 0.284. The van der Waals surface area contributed by atoms with E-state index >= 15 is 0 Å². The molecular formula is C24H25ClN2O3. The van der Waals surface area contributed by atoms with Gasteiger partial charge in [-0.25, -0.2) is 4.90 Å². The van der Waals surface area contributed by atoms with Gasteiger partial charge in [0.1, 0.15) is 11.4 Å². The minimum atomic E-state index is -0.311. The van der Waals surface area contributed by atoms with Crippen molar-refractivity contribution in [2.75, 3.05) is 24.6 Å². The smallest absolute Gasteiger partial charge is 0.282 e. The van der Waals surface area contributed by atoms with Crippen molar-refractivity contribution in [1.29, 1.82) is 0 Å². The van der Waals surface area contributed by atoms with Crippen LogP contribution in [0, 0.1) is 6.92 Å². The number of nitrogens with zero attached hydrogens (tertiary/aromatic N) is 2. The second-order valence-corrected chi connectivity index (χ2v) is 8.10. The molecule has 1 saturated heterocycles. The molecule has 2 aliphatic heterocycles. The van der Waals surface area contributed by atoms with E-state index in [1.54, 1.807) is 12.1 Å². The van der Waals surface area contributed by atoms with E-state index < -0.39 is 0 Å². The van der Waals surface area contributed by atoms with Gasteiger partial charge in [0, 0.05) is 18.1 Å². The van der Waals surface area contributed by atoms with Crippen LogP contribution < -0.4 is 9.64 Å². The third kappa shape index (κ3) is 3.70. The summed E-state index contributed by atoms with van der Waals surface area (Å²) < 4.78 is 5.66. The number of hydrogen-bond acceptors (Lipinski definition) is 4. The number of ether oxygens (including phenoxy) is 1. The zero-order valence-electron chi connectivity index (χ0n) is 17.3. The Morgan fingerprint density at radius 1 is 1.00 bits per heavy atom. The summed E-state index contributed by atoms with van der Waals surface area (Å²) in [5.74, 6) is 0.159. The first kappa shape index (κ1) is 20.5. The van der Waals surface area contributed by atoms with Crippen LogP contribution in [0.2, 0.25) is 5.02 Å². The second kappa shape index (κ2) is 8.52. The molecule has 0 bridgehead atoms. The highest BCUT2D eigenvalue weighted by Gasteiger charge is 2.43. The normalized spacial score (nSPS) is 16.8. The molecule has 1 fully saturated rings. The Labute approximate surface area is 181 Å². The van der Waals surface area contributed by atoms with E-state index in [2.05, 4.69) is 6.92 Å². The Morgan fingerprint density at radius 3 is 2.37 bits per heavy atom. The fourth-order valence-electron chi connectivity index (χ4n) is 3.99. The van der Waals surface area contributed by atoms with Crippen molar-refractivity contribution in [2.24, 2.45) is 0 Å². The number of benzene rings is 2. The molecule has 2 aromatic rings. The monoisotopic (exact) mass is 424 g/mol. The molecule has 2 heterocycles. The summed E-state index contributed by atoms with van der Waals surface area (Å²) in [6.45, 7) is 6.12. The molecule has 0 spiro atoms. The topological polar surface area (TPSA) is 49.9 Å². The van der Waals surface area contributed by atoms with Gasteiger partial charge in [0.05, 0.1) is 17.9 Å². The van der Waals surface area contributed by atoms with Crippen molar-refractivity contribution < 1.29 is 14.3 Å². The molecule has 4 rings (SSSR count). The van der Waals surface area contributed by atoms with E-state index in [4.69, 9.17) is 16.3 Å². The first-order valence-electron chi connectivity index (χ1n) is 10.4. The van der Waals surface area contributed by atoms with Gasteiger partial charge in [-0.15, -0.1) is 0 Å². The van der Waals surface area contributed by atoms with Gasteiger partial charge in [0.15, 0.2) is 0 Å². The maximum Gasteiger partial charge on any atom is 0.282 e. The number of carbonyl (C=O) groups excluding carboxylic acids is 2. The largest absolute Gasteiger partial charge is 0.494 e. The Bertz CT molecular complexity index is 1010. The molecule has 2 aliphatic rings. The molecule has 2 aromatic carbocycles. The number of imide groups is 1. The second-order valence-electron chi connectivity index (χ2n) is 7.67. The SMILES string of the molecule is CCCOc1ccc(C2=C(N3CCCC3)C(=O)N(c3cc(Cl)ccc3C)C2=O)cc1. The van der Waals surface area contributed by atoms with Gasteiger partial charge in [-0.1, -0.05) is 36.7 Å². The molecule has 0 aromatic heterocycles. The third-order valence-electron chi connectivity index (χ3n) is 5.51. The molecule has 0 radical (unpaired) electrons. The lowest BCUT2D eigenvalue weighted by Gasteiger charge is -2.21. The average molecular weight is 425 g/mol. The van der Waals surface area contributed by atoms with Crippen LogP contribution in [-0.2, 0) is 9.59 Å². The number of aryl methyl sites for hydroxylation is 1. The fourth-order valence-corrected chi connectivity index (χ4v) is 4.16. The molecule has 0 N–H and O–H groups in total. The average Bonchev–Trinajstić information content (AvgIpc) is 3.35. The Kier molecular flexibility index (Phi) is 5.82. The molecule has 5 nitrogen and oxygen atoms in total. The fraction of sp³-hybridized carbons (Fsp3) is 0.333. The zero-order chi connectivity index (χ0) is 21.3. The molecule has 0 saturated carbocycles. The van der Waals surface area contributed by atoms with Crippen LogP contribution in [0.4, 0.5) is 5.69 Å². The first-order valence-corrected chi connectivity index (χ1v) is 10.8. The predicted octanol–water partition coefficient (Wildman–Crippen LogP) is 4.82. The number of amides is 2. The summed E-state index contributed by atoms with van der Waals surface area (Å²) in [5.41, 5.74) is 3.02. The van der Waals surface area contributed by atoms with Gasteiger partial charge in [-0.2, -0.15) is 0 Å². The lowest BCUT2D eigenvalue weighted by atomic mass is 10.0. The molecule has 0 aliphatic carbocycles. The van der Waals surface area contributed by atoms with Crippen molar-refractivity contribution in [3.8, 4) is 5.75 Å². The number of rotatable bonds is 6. The number of halogens is 1. The Hall–Kier alpha value is -2.79. The summed E-state index contributed by atoms with van der Waals surface area (Å²) in [7, 11) is 0. The van der Waals surface area contributed by atoms with E-state index in [0.29, 0.717) is 28.6 Å². The molecule has 30 heavy (non-hydrogen) atoms. The molecular weight excluding hydrogens is 400 g/mol. The van der Waals surface area contributed by atoms with E-state index in [9.17, 15) is 9.59 Å². The van der Waals surface area contributed by atoms with Gasteiger partial charge in [-0.05, 0) is 61.6 Å². The Balaban J connectivity index is 1.77. The van der Waals surface area contributed by atoms with Crippen molar-refractivity contribution in [3.63, 3.8) is 0 Å². The summed E-state index contributed by atoms with van der Waals surface area (Å²) in [6, 6.07) is 12.7. The lowest BCUT2D eigenvalue weighted by molar-refractivity contribution is -0.120. The third-order valence-corrected chi connectivity index (χ3v) is 5.74. The van der Waals surface area contributed by atoms with E-state index in [0.717, 1.165) is 49.2 Å². The van der Waals surface area contributed by atoms with Crippen molar-refractivity contribution in [1.82, 2.24) is 4.90 Å². The van der Waals surface area contributed by atoms with E-state index in [1.165, 1.54) is 4.90 Å². The highest BCUT2D eigenvalue weighted by Crippen LogP contribution is 2.38. The van der Waals surface area contributed by atoms with Gasteiger partial charge in [0.25, 0.3) is 11.8 Å². The summed E-state index contributed by atoms with van der Waals surface area (Å²) in [5, 5.41) is 0.491. The van der Waals surface area contributed by atoms with Gasteiger partial charge < -0.3 is 9.64 Å². The highest BCUT2D eigenvalue weighted by molar-refractivity contribution is 6.45. The van der Waals surface area contributed by atoms with Crippen LogP contribution in [0.25, 0.3) is 5.57 Å². The van der Waals surface area contributed by atoms with Gasteiger partial charge in [-0.3, -0.25) is 9.59 Å². The molecule has 2 amide bonds. The maximum atomic E-state index is 13.6. The number of carbonyl (C=O) groups is 2. The number of likely N-dealkylation sites (tertiary alicyclic amines) is 1. The molecule has 6 heteroatoms. The predicted molar refractivity (Wildman–Crippen MR) is 119 cm³/mol. The van der Waals surface area contributed by atoms with Crippen molar-refractivity contribution in [2.45, 2.75) is 33.1 Å². The molecule has 0 unspecified atom stereocenters. The van der Waals surface area contributed by atoms with Crippen molar-refractivity contribution >= 4 is 34.7 Å². The van der Waals surface area contributed by atoms with Crippen LogP contribution in [0.3, 0.4) is 0 Å². The van der Waals surface area contributed by atoms with E-state index in [-0.39, 0.29) is 11.8 Å². The lowest BCUT2D eigenvalue weighted by Crippen LogP contribution is -2.35. The first-order chi connectivity index (χ1) is 14.5. The number of hydrogen-bond donors (Lipinski definition) is 0. The summed E-state index contributed by atoms with van der Waals surface area (Å²) >= 11 is 6.18. The standard InChI is InChI=1S/C24H25ClN2O3/c1-3-14-30-19-10-7-17(8-11-19)21-22(26-12-4-5-13-26)24(29)27(23(21)28)20-15-18(25)9-6-16(20)2/h6-11,15H,3-5,12-14H2,1-2H3. The van der Waals surface area contributed by atoms with Crippen LogP contribution in [0.5, 0.6) is 5.75 Å². The zero-order valence-corrected chi connectivity index (χ0v) is 18.0. The minimum Gasteiger partial charge on any atom is -0.494 e. The highest BCUT2D eigenvalue weighted by atomic mass is 35.5. The van der Waals surface area contributed by atoms with E-state index in [1.807, 2.05) is 42.2 Å². The van der Waals surface area contributed by atoms with Crippen molar-refractivity contribution in [3.05, 3.63) is 64.3 Å². The molecule has 156 valence electrons. The van der Waals surface area contributed by atoms with Gasteiger partial charge in [0.2, 0.25) is 0 Å². The Morgan fingerprint density at radius 2 is 1.70 bits per heavy atom. The van der Waals surface area contributed by atoms with Crippen LogP contribution >= 0.6 is 11.6 Å². The van der Waals surface area contributed by atoms with Crippen LogP contribution in [0.1, 0.15) is 37.3 Å². The molecule has 0 atom stereocenters. The van der Waals surface area contributed by atoms with Gasteiger partial charge >= 0.3 is 0 Å². The quantitative estimate of drug-likeness (QED) is 0.624.